The summed E-state index contributed by atoms with van der Waals surface area (Å²) in [7, 11) is 1.32. The molecule has 2 heterocycles. The van der Waals surface area contributed by atoms with Gasteiger partial charge in [-0.25, -0.2) is 14.8 Å². The van der Waals surface area contributed by atoms with Gasteiger partial charge >= 0.3 is 5.97 Å². The highest BCUT2D eigenvalue weighted by Gasteiger charge is 2.08. The molecule has 0 aliphatic carbocycles. The number of nitrogens with two attached hydrogens (primary N) is 1. The fraction of sp³-hybridized carbons (Fsp3) is 0.0556. The van der Waals surface area contributed by atoms with Crippen LogP contribution in [0.3, 0.4) is 0 Å². The van der Waals surface area contributed by atoms with Crippen LogP contribution in [0.25, 0.3) is 11.3 Å². The Kier molecular flexibility index (Phi) is 4.38. The van der Waals surface area contributed by atoms with E-state index in [9.17, 15) is 4.79 Å². The number of nitrogens with zero attached hydrogens (tertiary/aromatic N) is 2. The van der Waals surface area contributed by atoms with E-state index in [-0.39, 0.29) is 5.69 Å². The molecule has 6 heteroatoms. The Balaban J connectivity index is 1.86. The highest BCUT2D eigenvalue weighted by Crippen LogP contribution is 2.25. The molecule has 0 bridgehead atoms. The van der Waals surface area contributed by atoms with Crippen LogP contribution in [-0.4, -0.2) is 23.0 Å². The molecule has 24 heavy (non-hydrogen) atoms. The SMILES string of the molecule is COC(=O)c1ccc(Nc2nc(-c3ccccc3)ccc2N)cn1. The number of ether oxygens (including phenoxy) is 1. The van der Waals surface area contributed by atoms with Crippen LogP contribution in [0.1, 0.15) is 10.5 Å². The molecule has 2 aromatic heterocycles. The lowest BCUT2D eigenvalue weighted by Crippen LogP contribution is -2.05. The van der Waals surface area contributed by atoms with E-state index in [0.717, 1.165) is 11.3 Å². The number of anilines is 3. The van der Waals surface area contributed by atoms with Gasteiger partial charge in [0, 0.05) is 5.56 Å². The summed E-state index contributed by atoms with van der Waals surface area (Å²) < 4.78 is 4.62. The maximum atomic E-state index is 11.4. The molecule has 3 rings (SSSR count). The minimum absolute atomic E-state index is 0.238. The van der Waals surface area contributed by atoms with Crippen molar-refractivity contribution >= 4 is 23.2 Å². The van der Waals surface area contributed by atoms with Gasteiger partial charge in [-0.15, -0.1) is 0 Å². The number of carbonyl (C=O) groups is 1. The number of nitrogens with one attached hydrogen (secondary N) is 1. The topological polar surface area (TPSA) is 90.1 Å². The van der Waals surface area contributed by atoms with Crippen LogP contribution >= 0.6 is 0 Å². The zero-order chi connectivity index (χ0) is 16.9. The third kappa shape index (κ3) is 3.33. The molecule has 0 saturated heterocycles. The Labute approximate surface area is 139 Å². The Morgan fingerprint density at radius 3 is 2.54 bits per heavy atom. The molecule has 0 radical (unpaired) electrons. The van der Waals surface area contributed by atoms with Crippen molar-refractivity contribution in [1.82, 2.24) is 9.97 Å². The first-order valence-electron chi connectivity index (χ1n) is 7.30. The van der Waals surface area contributed by atoms with Crippen LogP contribution in [-0.2, 0) is 4.74 Å². The van der Waals surface area contributed by atoms with Crippen molar-refractivity contribution < 1.29 is 9.53 Å². The molecule has 0 atom stereocenters. The Morgan fingerprint density at radius 1 is 1.08 bits per heavy atom. The lowest BCUT2D eigenvalue weighted by molar-refractivity contribution is 0.0594. The van der Waals surface area contributed by atoms with Crippen molar-refractivity contribution in [2.24, 2.45) is 0 Å². The van der Waals surface area contributed by atoms with E-state index in [0.29, 0.717) is 17.2 Å². The molecule has 0 spiro atoms. The van der Waals surface area contributed by atoms with Gasteiger partial charge in [0.15, 0.2) is 5.82 Å². The van der Waals surface area contributed by atoms with E-state index in [1.807, 2.05) is 36.4 Å². The number of carbonyl (C=O) groups excluding carboxylic acids is 1. The largest absolute Gasteiger partial charge is 0.464 e. The van der Waals surface area contributed by atoms with E-state index in [2.05, 4.69) is 20.0 Å². The standard InChI is InChI=1S/C18H16N4O2/c1-24-18(23)16-9-7-13(11-20-16)21-17-14(19)8-10-15(22-17)12-5-3-2-4-6-12/h2-11H,19H2,1H3,(H,21,22). The lowest BCUT2D eigenvalue weighted by atomic mass is 10.1. The highest BCUT2D eigenvalue weighted by molar-refractivity contribution is 5.87. The molecule has 0 saturated carbocycles. The molecule has 3 aromatic rings. The van der Waals surface area contributed by atoms with Crippen molar-refractivity contribution in [3.63, 3.8) is 0 Å². The zero-order valence-corrected chi connectivity index (χ0v) is 13.1. The summed E-state index contributed by atoms with van der Waals surface area (Å²) in [5.41, 5.74) is 9.24. The summed E-state index contributed by atoms with van der Waals surface area (Å²) in [5.74, 6) is 0.0502. The molecular weight excluding hydrogens is 304 g/mol. The molecule has 0 fully saturated rings. The Bertz CT molecular complexity index is 849. The Hall–Kier alpha value is -3.41. The van der Waals surface area contributed by atoms with Gasteiger partial charge in [-0.2, -0.15) is 0 Å². The van der Waals surface area contributed by atoms with Gasteiger partial charge in [0.1, 0.15) is 5.69 Å². The van der Waals surface area contributed by atoms with Crippen LogP contribution in [0.2, 0.25) is 0 Å². The molecule has 0 amide bonds. The normalized spacial score (nSPS) is 10.2. The number of rotatable bonds is 4. The number of esters is 1. The summed E-state index contributed by atoms with van der Waals surface area (Å²) in [6.07, 6.45) is 1.53. The number of benzene rings is 1. The molecule has 3 N–H and O–H groups in total. The van der Waals surface area contributed by atoms with Crippen LogP contribution in [0.5, 0.6) is 0 Å². The zero-order valence-electron chi connectivity index (χ0n) is 13.1. The maximum absolute atomic E-state index is 11.4. The first-order valence-corrected chi connectivity index (χ1v) is 7.30. The second kappa shape index (κ2) is 6.78. The van der Waals surface area contributed by atoms with Crippen LogP contribution in [0.15, 0.2) is 60.8 Å². The summed E-state index contributed by atoms with van der Waals surface area (Å²) >= 11 is 0. The van der Waals surface area contributed by atoms with Gasteiger partial charge in [0.2, 0.25) is 0 Å². The average Bonchev–Trinajstić information content (AvgIpc) is 2.64. The molecule has 0 aliphatic rings. The van der Waals surface area contributed by atoms with Crippen molar-refractivity contribution in [2.75, 3.05) is 18.2 Å². The van der Waals surface area contributed by atoms with E-state index in [1.165, 1.54) is 13.3 Å². The van der Waals surface area contributed by atoms with E-state index >= 15 is 0 Å². The summed E-state index contributed by atoms with van der Waals surface area (Å²) in [4.78, 5) is 20.0. The fourth-order valence-corrected chi connectivity index (χ4v) is 2.17. The maximum Gasteiger partial charge on any atom is 0.356 e. The van der Waals surface area contributed by atoms with E-state index in [1.54, 1.807) is 18.2 Å². The van der Waals surface area contributed by atoms with E-state index in [4.69, 9.17) is 5.73 Å². The predicted octanol–water partition coefficient (Wildman–Crippen LogP) is 3.26. The molecule has 6 nitrogen and oxygen atoms in total. The minimum Gasteiger partial charge on any atom is -0.464 e. The highest BCUT2D eigenvalue weighted by atomic mass is 16.5. The quantitative estimate of drug-likeness (QED) is 0.717. The minimum atomic E-state index is -0.481. The van der Waals surface area contributed by atoms with Crippen molar-refractivity contribution in [3.05, 3.63) is 66.5 Å². The van der Waals surface area contributed by atoms with Crippen molar-refractivity contribution in [3.8, 4) is 11.3 Å². The molecule has 0 unspecified atom stereocenters. The number of methoxy groups -OCH3 is 1. The van der Waals surface area contributed by atoms with Gasteiger partial charge in [0.25, 0.3) is 0 Å². The number of hydrogen-bond acceptors (Lipinski definition) is 6. The number of aromatic nitrogens is 2. The van der Waals surface area contributed by atoms with Crippen molar-refractivity contribution in [2.45, 2.75) is 0 Å². The van der Waals surface area contributed by atoms with Gasteiger partial charge in [-0.05, 0) is 24.3 Å². The van der Waals surface area contributed by atoms with E-state index < -0.39 is 5.97 Å². The number of nitrogen functional groups attached to an aromatic ring is 1. The molecule has 0 aliphatic heterocycles. The average molecular weight is 320 g/mol. The first kappa shape index (κ1) is 15.5. The number of pyridine rings is 2. The van der Waals surface area contributed by atoms with Gasteiger partial charge < -0.3 is 15.8 Å². The van der Waals surface area contributed by atoms with Gasteiger partial charge in [0.05, 0.1) is 30.4 Å². The smallest absolute Gasteiger partial charge is 0.356 e. The third-order valence-electron chi connectivity index (χ3n) is 3.42. The number of hydrogen-bond donors (Lipinski definition) is 2. The summed E-state index contributed by atoms with van der Waals surface area (Å²) in [6.45, 7) is 0. The molecule has 1 aromatic carbocycles. The monoisotopic (exact) mass is 320 g/mol. The second-order valence-electron chi connectivity index (χ2n) is 5.05. The Morgan fingerprint density at radius 2 is 1.88 bits per heavy atom. The molecule has 120 valence electrons. The fourth-order valence-electron chi connectivity index (χ4n) is 2.17. The first-order chi connectivity index (χ1) is 11.7. The molecular formula is C18H16N4O2. The second-order valence-corrected chi connectivity index (χ2v) is 5.05. The van der Waals surface area contributed by atoms with Gasteiger partial charge in [-0.1, -0.05) is 30.3 Å². The third-order valence-corrected chi connectivity index (χ3v) is 3.42. The van der Waals surface area contributed by atoms with Crippen LogP contribution in [0.4, 0.5) is 17.2 Å². The summed E-state index contributed by atoms with van der Waals surface area (Å²) in [6, 6.07) is 16.8. The van der Waals surface area contributed by atoms with Crippen LogP contribution < -0.4 is 11.1 Å². The van der Waals surface area contributed by atoms with Gasteiger partial charge in [-0.3, -0.25) is 0 Å². The van der Waals surface area contributed by atoms with Crippen molar-refractivity contribution in [1.29, 1.82) is 0 Å². The predicted molar refractivity (Wildman–Crippen MR) is 92.9 cm³/mol. The van der Waals surface area contributed by atoms with Crippen LogP contribution in [0, 0.1) is 0 Å². The lowest BCUT2D eigenvalue weighted by Gasteiger charge is -2.10. The summed E-state index contributed by atoms with van der Waals surface area (Å²) in [5, 5.41) is 3.12.